The van der Waals surface area contributed by atoms with Crippen LogP contribution in [-0.4, -0.2) is 54.0 Å². The van der Waals surface area contributed by atoms with Crippen molar-refractivity contribution in [2.45, 2.75) is 64.7 Å². The smallest absolute Gasteiger partial charge is 0.394 e. The molecule has 0 heterocycles. The molecule has 0 aliphatic carbocycles. The van der Waals surface area contributed by atoms with Crippen LogP contribution in [0, 0.1) is 0 Å². The Hall–Kier alpha value is -0.330. The Bertz CT molecular complexity index is 259. The maximum absolute atomic E-state index is 12.5. The van der Waals surface area contributed by atoms with Gasteiger partial charge in [-0.05, 0) is 53.1 Å². The predicted octanol–water partition coefficient (Wildman–Crippen LogP) is 2.79. The van der Waals surface area contributed by atoms with Gasteiger partial charge in [-0.2, -0.15) is 13.2 Å². The van der Waals surface area contributed by atoms with Crippen LogP contribution in [0.3, 0.4) is 0 Å². The molecule has 6 heteroatoms. The molecule has 0 aromatic rings. The molecule has 0 amide bonds. The molecule has 0 rings (SSSR count). The third kappa shape index (κ3) is 8.76. The quantitative estimate of drug-likeness (QED) is 0.651. The van der Waals surface area contributed by atoms with E-state index in [1.54, 1.807) is 13.8 Å². The van der Waals surface area contributed by atoms with E-state index < -0.39 is 18.3 Å². The second-order valence-corrected chi connectivity index (χ2v) is 5.93. The van der Waals surface area contributed by atoms with Crippen LogP contribution in [0.2, 0.25) is 0 Å². The van der Waals surface area contributed by atoms with Crippen LogP contribution in [0.4, 0.5) is 13.2 Å². The highest BCUT2D eigenvalue weighted by molar-refractivity contribution is 4.82. The zero-order valence-electron chi connectivity index (χ0n) is 13.1. The molecule has 0 saturated heterocycles. The van der Waals surface area contributed by atoms with Gasteiger partial charge in [0, 0.05) is 11.6 Å². The molecule has 0 fully saturated rings. The number of nitrogens with zero attached hydrogens (tertiary/aromatic N) is 1. The van der Waals surface area contributed by atoms with Crippen molar-refractivity contribution in [3.05, 3.63) is 0 Å². The zero-order chi connectivity index (χ0) is 15.8. The van der Waals surface area contributed by atoms with E-state index >= 15 is 0 Å². The van der Waals surface area contributed by atoms with Crippen LogP contribution in [0.5, 0.6) is 0 Å². The van der Waals surface area contributed by atoms with E-state index in [-0.39, 0.29) is 12.6 Å². The molecule has 1 unspecified atom stereocenters. The number of alkyl halides is 3. The monoisotopic (exact) mass is 298 g/mol. The first kappa shape index (κ1) is 19.7. The van der Waals surface area contributed by atoms with Crippen molar-refractivity contribution in [1.82, 2.24) is 10.2 Å². The predicted molar refractivity (Wildman–Crippen MR) is 75.8 cm³/mol. The first-order chi connectivity index (χ1) is 9.13. The lowest BCUT2D eigenvalue weighted by atomic mass is 9.96. The number of rotatable bonds is 10. The summed E-state index contributed by atoms with van der Waals surface area (Å²) >= 11 is 0. The van der Waals surface area contributed by atoms with Gasteiger partial charge in [0.1, 0.15) is 0 Å². The average Bonchev–Trinajstić information content (AvgIpc) is 2.33. The molecular weight excluding hydrogens is 269 g/mol. The molecule has 0 spiro atoms. The van der Waals surface area contributed by atoms with Gasteiger partial charge in [-0.1, -0.05) is 6.92 Å². The number of halogens is 3. The summed E-state index contributed by atoms with van der Waals surface area (Å²) in [6, 6.07) is -0.138. The third-order valence-electron chi connectivity index (χ3n) is 3.44. The SMILES string of the molecule is CCCNC(C)(CO)CCCN(CC(F)(F)F)C(C)C. The lowest BCUT2D eigenvalue weighted by Gasteiger charge is -2.32. The lowest BCUT2D eigenvalue weighted by Crippen LogP contribution is -2.47. The third-order valence-corrected chi connectivity index (χ3v) is 3.44. The largest absolute Gasteiger partial charge is 0.401 e. The van der Waals surface area contributed by atoms with Crippen LogP contribution in [0.25, 0.3) is 0 Å². The van der Waals surface area contributed by atoms with Crippen molar-refractivity contribution in [3.8, 4) is 0 Å². The highest BCUT2D eigenvalue weighted by atomic mass is 19.4. The molecule has 0 saturated carbocycles. The van der Waals surface area contributed by atoms with E-state index in [0.29, 0.717) is 19.4 Å². The van der Waals surface area contributed by atoms with Crippen molar-refractivity contribution in [3.63, 3.8) is 0 Å². The standard InChI is InChI=1S/C14H29F3N2O/c1-5-8-18-13(4,11-20)7-6-9-19(12(2)3)10-14(15,16)17/h12,18,20H,5-11H2,1-4H3. The Balaban J connectivity index is 4.27. The zero-order valence-corrected chi connectivity index (χ0v) is 13.1. The Morgan fingerprint density at radius 1 is 1.25 bits per heavy atom. The Morgan fingerprint density at radius 3 is 2.25 bits per heavy atom. The van der Waals surface area contributed by atoms with E-state index in [9.17, 15) is 18.3 Å². The molecule has 3 nitrogen and oxygen atoms in total. The summed E-state index contributed by atoms with van der Waals surface area (Å²) in [5.41, 5.74) is -0.406. The van der Waals surface area contributed by atoms with Crippen LogP contribution < -0.4 is 5.32 Å². The highest BCUT2D eigenvalue weighted by Gasteiger charge is 2.32. The van der Waals surface area contributed by atoms with E-state index in [4.69, 9.17) is 0 Å². The second kappa shape index (κ2) is 8.85. The van der Waals surface area contributed by atoms with E-state index in [2.05, 4.69) is 5.32 Å². The van der Waals surface area contributed by atoms with Gasteiger partial charge in [-0.3, -0.25) is 4.90 Å². The minimum Gasteiger partial charge on any atom is -0.394 e. The second-order valence-electron chi connectivity index (χ2n) is 5.93. The topological polar surface area (TPSA) is 35.5 Å². The molecule has 0 aliphatic heterocycles. The summed E-state index contributed by atoms with van der Waals surface area (Å²) < 4.78 is 37.4. The summed E-state index contributed by atoms with van der Waals surface area (Å²) in [6.07, 6.45) is -1.92. The van der Waals surface area contributed by atoms with Crippen molar-refractivity contribution in [2.24, 2.45) is 0 Å². The van der Waals surface area contributed by atoms with E-state index in [1.807, 2.05) is 13.8 Å². The normalized spacial score (nSPS) is 15.9. The maximum Gasteiger partial charge on any atom is 0.401 e. The van der Waals surface area contributed by atoms with Crippen molar-refractivity contribution in [1.29, 1.82) is 0 Å². The molecule has 122 valence electrons. The first-order valence-corrected chi connectivity index (χ1v) is 7.30. The minimum atomic E-state index is -4.16. The van der Waals surface area contributed by atoms with Crippen LogP contribution >= 0.6 is 0 Å². The average molecular weight is 298 g/mol. The van der Waals surface area contributed by atoms with Gasteiger partial charge in [0.15, 0.2) is 0 Å². The van der Waals surface area contributed by atoms with Crippen LogP contribution in [0.1, 0.15) is 47.0 Å². The van der Waals surface area contributed by atoms with Gasteiger partial charge in [0.05, 0.1) is 13.2 Å². The van der Waals surface area contributed by atoms with Gasteiger partial charge < -0.3 is 10.4 Å². The molecular formula is C14H29F3N2O. The fourth-order valence-electron chi connectivity index (χ4n) is 2.07. The molecule has 0 radical (unpaired) electrons. The van der Waals surface area contributed by atoms with Gasteiger partial charge in [-0.25, -0.2) is 0 Å². The Morgan fingerprint density at radius 2 is 1.85 bits per heavy atom. The fraction of sp³-hybridized carbons (Fsp3) is 1.00. The van der Waals surface area contributed by atoms with E-state index in [0.717, 1.165) is 13.0 Å². The molecule has 0 aliphatic rings. The molecule has 1 atom stereocenters. The van der Waals surface area contributed by atoms with Crippen LogP contribution in [0.15, 0.2) is 0 Å². The fourth-order valence-corrected chi connectivity index (χ4v) is 2.07. The molecule has 0 aromatic heterocycles. The molecule has 0 aromatic carbocycles. The highest BCUT2D eigenvalue weighted by Crippen LogP contribution is 2.19. The van der Waals surface area contributed by atoms with Gasteiger partial charge in [-0.15, -0.1) is 0 Å². The molecule has 2 N–H and O–H groups in total. The van der Waals surface area contributed by atoms with Crippen molar-refractivity contribution < 1.29 is 18.3 Å². The van der Waals surface area contributed by atoms with Gasteiger partial charge >= 0.3 is 6.18 Å². The maximum atomic E-state index is 12.5. The molecule has 20 heavy (non-hydrogen) atoms. The minimum absolute atomic E-state index is 0.00600. The Kier molecular flexibility index (Phi) is 8.70. The van der Waals surface area contributed by atoms with Gasteiger partial charge in [0.2, 0.25) is 0 Å². The van der Waals surface area contributed by atoms with Gasteiger partial charge in [0.25, 0.3) is 0 Å². The number of hydrogen-bond acceptors (Lipinski definition) is 3. The van der Waals surface area contributed by atoms with Crippen LogP contribution in [-0.2, 0) is 0 Å². The first-order valence-electron chi connectivity index (χ1n) is 7.30. The summed E-state index contributed by atoms with van der Waals surface area (Å²) in [5, 5.41) is 12.7. The Labute approximate surface area is 120 Å². The number of hydrogen-bond donors (Lipinski definition) is 2. The van der Waals surface area contributed by atoms with Crippen molar-refractivity contribution in [2.75, 3.05) is 26.2 Å². The summed E-state index contributed by atoms with van der Waals surface area (Å²) in [6.45, 7) is 7.80. The van der Waals surface area contributed by atoms with E-state index in [1.165, 1.54) is 4.90 Å². The summed E-state index contributed by atoms with van der Waals surface area (Å²) in [7, 11) is 0. The number of aliphatic hydroxyl groups excluding tert-OH is 1. The summed E-state index contributed by atoms with van der Waals surface area (Å²) in [5.74, 6) is 0. The number of aliphatic hydroxyl groups is 1. The molecule has 0 bridgehead atoms. The number of nitrogens with one attached hydrogen (secondary N) is 1. The lowest BCUT2D eigenvalue weighted by molar-refractivity contribution is -0.149. The van der Waals surface area contributed by atoms with Crippen molar-refractivity contribution >= 4 is 0 Å². The summed E-state index contributed by atoms with van der Waals surface area (Å²) in [4.78, 5) is 1.43.